The van der Waals surface area contributed by atoms with Gasteiger partial charge >= 0.3 is 0 Å². The van der Waals surface area contributed by atoms with Crippen molar-refractivity contribution in [2.24, 2.45) is 5.92 Å². The Hall–Kier alpha value is -2.12. The minimum atomic E-state index is -0.0155. The third-order valence-electron chi connectivity index (χ3n) is 6.34. The van der Waals surface area contributed by atoms with Gasteiger partial charge in [-0.05, 0) is 64.2 Å². The largest absolute Gasteiger partial charge is 0.493 e. The molecule has 3 rings (SSSR count). The molecule has 0 radical (unpaired) electrons. The Balaban J connectivity index is 1.35. The Morgan fingerprint density at radius 2 is 1.78 bits per heavy atom. The maximum atomic E-state index is 12.6. The van der Waals surface area contributed by atoms with Crippen molar-refractivity contribution in [3.05, 3.63) is 23.8 Å². The van der Waals surface area contributed by atoms with Crippen LogP contribution in [-0.4, -0.2) is 80.1 Å². The highest BCUT2D eigenvalue weighted by molar-refractivity contribution is 5.94. The molecule has 2 heterocycles. The summed E-state index contributed by atoms with van der Waals surface area (Å²) < 4.78 is 17.0. The van der Waals surface area contributed by atoms with Crippen LogP contribution in [0.25, 0.3) is 0 Å². The number of morpholine rings is 1. The number of benzene rings is 1. The quantitative estimate of drug-likeness (QED) is 0.428. The molecule has 0 saturated carbocycles. The third kappa shape index (κ3) is 6.94. The molecule has 2 aliphatic heterocycles. The number of methoxy groups -OCH3 is 1. The van der Waals surface area contributed by atoms with Gasteiger partial charge in [-0.1, -0.05) is 0 Å². The first-order chi connectivity index (χ1) is 15.4. The molecule has 2 fully saturated rings. The first kappa shape index (κ1) is 24.5. The molecule has 2 unspecified atom stereocenters. The fourth-order valence-corrected chi connectivity index (χ4v) is 4.73. The number of rotatable bonds is 9. The number of piperidine rings is 1. The van der Waals surface area contributed by atoms with Gasteiger partial charge in [-0.15, -0.1) is 0 Å². The number of ether oxygens (including phenoxy) is 3. The molecule has 0 N–H and O–H groups in total. The zero-order valence-corrected chi connectivity index (χ0v) is 20.0. The van der Waals surface area contributed by atoms with Gasteiger partial charge in [0.05, 0.1) is 25.9 Å². The number of nitrogens with zero attached hydrogens (tertiary/aromatic N) is 2. The lowest BCUT2D eigenvalue weighted by molar-refractivity contribution is -0.133. The Kier molecular flexibility index (Phi) is 8.93. The minimum absolute atomic E-state index is 0.0155. The lowest BCUT2D eigenvalue weighted by Crippen LogP contribution is -2.48. The van der Waals surface area contributed by atoms with Crippen molar-refractivity contribution in [3.8, 4) is 11.5 Å². The van der Waals surface area contributed by atoms with E-state index in [1.807, 2.05) is 4.90 Å². The molecule has 1 aromatic rings. The van der Waals surface area contributed by atoms with Crippen LogP contribution < -0.4 is 9.47 Å². The van der Waals surface area contributed by atoms with E-state index in [2.05, 4.69) is 18.7 Å². The topological polar surface area (TPSA) is 68.3 Å². The summed E-state index contributed by atoms with van der Waals surface area (Å²) in [5, 5.41) is 0. The molecule has 178 valence electrons. The van der Waals surface area contributed by atoms with Crippen LogP contribution in [0.4, 0.5) is 0 Å². The number of Topliss-reactive ketones (excluding diaryl/α,β-unsaturated/α-hetero) is 1. The number of likely N-dealkylation sites (tertiary alicyclic amines) is 1. The van der Waals surface area contributed by atoms with E-state index >= 15 is 0 Å². The summed E-state index contributed by atoms with van der Waals surface area (Å²) in [6.45, 7) is 11.1. The summed E-state index contributed by atoms with van der Waals surface area (Å²) in [7, 11) is 1.56. The molecule has 1 amide bonds. The Labute approximate surface area is 192 Å². The Morgan fingerprint density at radius 3 is 2.41 bits per heavy atom. The average Bonchev–Trinajstić information content (AvgIpc) is 2.76. The van der Waals surface area contributed by atoms with Crippen LogP contribution in [0.2, 0.25) is 0 Å². The summed E-state index contributed by atoms with van der Waals surface area (Å²) in [5.41, 5.74) is 0.588. The maximum Gasteiger partial charge on any atom is 0.222 e. The summed E-state index contributed by atoms with van der Waals surface area (Å²) in [5.74, 6) is 1.98. The minimum Gasteiger partial charge on any atom is -0.493 e. The molecule has 32 heavy (non-hydrogen) atoms. The van der Waals surface area contributed by atoms with Gasteiger partial charge in [0.2, 0.25) is 5.91 Å². The van der Waals surface area contributed by atoms with Crippen molar-refractivity contribution in [1.82, 2.24) is 9.80 Å². The van der Waals surface area contributed by atoms with Crippen LogP contribution in [0.15, 0.2) is 18.2 Å². The van der Waals surface area contributed by atoms with E-state index in [9.17, 15) is 9.59 Å². The molecule has 0 bridgehead atoms. The van der Waals surface area contributed by atoms with Gasteiger partial charge in [0.25, 0.3) is 0 Å². The van der Waals surface area contributed by atoms with Gasteiger partial charge in [-0.2, -0.15) is 0 Å². The van der Waals surface area contributed by atoms with Crippen molar-refractivity contribution in [2.45, 2.75) is 58.7 Å². The highest BCUT2D eigenvalue weighted by Crippen LogP contribution is 2.28. The lowest BCUT2D eigenvalue weighted by Gasteiger charge is -2.39. The molecule has 0 spiro atoms. The summed E-state index contributed by atoms with van der Waals surface area (Å²) in [4.78, 5) is 28.7. The molecule has 7 nitrogen and oxygen atoms in total. The molecule has 1 aromatic carbocycles. The lowest BCUT2D eigenvalue weighted by atomic mass is 9.95. The Morgan fingerprint density at radius 1 is 1.09 bits per heavy atom. The predicted octanol–water partition coefficient (Wildman–Crippen LogP) is 3.40. The molecule has 2 atom stereocenters. The van der Waals surface area contributed by atoms with Gasteiger partial charge in [0, 0.05) is 44.7 Å². The van der Waals surface area contributed by atoms with Crippen molar-refractivity contribution < 1.29 is 23.8 Å². The molecule has 7 heteroatoms. The van der Waals surface area contributed by atoms with E-state index in [-0.39, 0.29) is 11.7 Å². The van der Waals surface area contributed by atoms with Crippen molar-refractivity contribution in [2.75, 3.05) is 46.4 Å². The van der Waals surface area contributed by atoms with Crippen LogP contribution in [0.5, 0.6) is 11.5 Å². The summed E-state index contributed by atoms with van der Waals surface area (Å²) in [6.07, 6.45) is 3.88. The molecular weight excluding hydrogens is 408 g/mol. The van der Waals surface area contributed by atoms with E-state index in [1.54, 1.807) is 25.3 Å². The first-order valence-corrected chi connectivity index (χ1v) is 11.8. The van der Waals surface area contributed by atoms with Gasteiger partial charge in [0.1, 0.15) is 0 Å². The van der Waals surface area contributed by atoms with Gasteiger partial charge < -0.3 is 19.1 Å². The van der Waals surface area contributed by atoms with Crippen LogP contribution in [0, 0.1) is 5.92 Å². The van der Waals surface area contributed by atoms with E-state index < -0.39 is 0 Å². The van der Waals surface area contributed by atoms with Crippen LogP contribution in [0.1, 0.15) is 56.8 Å². The number of carbonyl (C=O) groups excluding carboxylic acids is 2. The smallest absolute Gasteiger partial charge is 0.222 e. The molecule has 2 aliphatic rings. The second-order valence-electron chi connectivity index (χ2n) is 9.17. The second-order valence-corrected chi connectivity index (χ2v) is 9.17. The van der Waals surface area contributed by atoms with Crippen LogP contribution in [-0.2, 0) is 9.53 Å². The van der Waals surface area contributed by atoms with Crippen molar-refractivity contribution >= 4 is 11.7 Å². The zero-order valence-electron chi connectivity index (χ0n) is 20.0. The number of ketones is 1. The van der Waals surface area contributed by atoms with Gasteiger partial charge in [-0.3, -0.25) is 14.5 Å². The van der Waals surface area contributed by atoms with Crippen LogP contribution in [0.3, 0.4) is 0 Å². The molecule has 0 aliphatic carbocycles. The highest BCUT2D eigenvalue weighted by Gasteiger charge is 2.27. The monoisotopic (exact) mass is 446 g/mol. The zero-order chi connectivity index (χ0) is 23.1. The van der Waals surface area contributed by atoms with E-state index in [0.717, 1.165) is 45.6 Å². The second kappa shape index (κ2) is 11.7. The number of hydrogen-bond donors (Lipinski definition) is 0. The van der Waals surface area contributed by atoms with E-state index in [0.29, 0.717) is 54.6 Å². The standard InChI is InChI=1S/C25H38N2O5/c1-18-15-26(16-19(2)32-18)17-21-9-11-27(12-10-21)25(29)6-5-13-31-23-8-7-22(20(3)28)14-24(23)30-4/h7-8,14,18-19,21H,5-6,9-13,15-17H2,1-4H3. The molecule has 2 saturated heterocycles. The normalized spacial score (nSPS) is 22.6. The maximum absolute atomic E-state index is 12.6. The Bertz CT molecular complexity index is 766. The predicted molar refractivity (Wildman–Crippen MR) is 123 cm³/mol. The summed E-state index contributed by atoms with van der Waals surface area (Å²) in [6, 6.07) is 5.16. The van der Waals surface area contributed by atoms with Crippen molar-refractivity contribution in [1.29, 1.82) is 0 Å². The fourth-order valence-electron chi connectivity index (χ4n) is 4.73. The average molecular weight is 447 g/mol. The number of hydrogen-bond acceptors (Lipinski definition) is 6. The summed E-state index contributed by atoms with van der Waals surface area (Å²) >= 11 is 0. The molecule has 0 aromatic heterocycles. The number of carbonyl (C=O) groups is 2. The number of amides is 1. The third-order valence-corrected chi connectivity index (χ3v) is 6.34. The molecular formula is C25H38N2O5. The van der Waals surface area contributed by atoms with Crippen molar-refractivity contribution in [3.63, 3.8) is 0 Å². The van der Waals surface area contributed by atoms with Gasteiger partial charge in [-0.25, -0.2) is 0 Å². The first-order valence-electron chi connectivity index (χ1n) is 11.8. The van der Waals surface area contributed by atoms with E-state index in [1.165, 1.54) is 6.92 Å². The SMILES string of the molecule is COc1cc(C(C)=O)ccc1OCCCC(=O)N1CCC(CN2CC(C)OC(C)C2)CC1. The fraction of sp³-hybridized carbons (Fsp3) is 0.680. The van der Waals surface area contributed by atoms with E-state index in [4.69, 9.17) is 14.2 Å². The van der Waals surface area contributed by atoms with Gasteiger partial charge in [0.15, 0.2) is 17.3 Å². The highest BCUT2D eigenvalue weighted by atomic mass is 16.5. The van der Waals surface area contributed by atoms with Crippen LogP contribution >= 0.6 is 0 Å².